The maximum atomic E-state index is 13.0. The lowest BCUT2D eigenvalue weighted by Gasteiger charge is -2.30. The maximum absolute atomic E-state index is 13.0. The van der Waals surface area contributed by atoms with Gasteiger partial charge < -0.3 is 5.32 Å². The summed E-state index contributed by atoms with van der Waals surface area (Å²) in [5, 5.41) is 2.86. The zero-order chi connectivity index (χ0) is 21.6. The highest BCUT2D eigenvalue weighted by Crippen LogP contribution is 2.17. The van der Waals surface area contributed by atoms with Gasteiger partial charge in [0.05, 0.1) is 4.90 Å². The normalized spacial score (nSPS) is 11.9. The molecule has 0 saturated heterocycles. The third-order valence-corrected chi connectivity index (χ3v) is 5.90. The molecule has 2 aromatic carbocycles. The number of carbonyl (C=O) groups is 1. The van der Waals surface area contributed by atoms with Gasteiger partial charge in [-0.2, -0.15) is 0 Å². The second kappa shape index (κ2) is 9.84. The largest absolute Gasteiger partial charge is 0.351 e. The summed E-state index contributed by atoms with van der Waals surface area (Å²) in [7, 11) is -3.83. The number of nitrogens with one attached hydrogen (secondary N) is 2. The SMILES string of the molecule is CC(C)N(CCNC(=O)c1ccc(S(=O)(=O)Nc2ccc(F)cc2)cc1)C(C)C. The molecule has 1 amide bonds. The molecule has 2 aromatic rings. The van der Waals surface area contributed by atoms with E-state index in [1.54, 1.807) is 0 Å². The van der Waals surface area contributed by atoms with Gasteiger partial charge in [0, 0.05) is 36.4 Å². The summed E-state index contributed by atoms with van der Waals surface area (Å²) in [6.45, 7) is 9.68. The van der Waals surface area contributed by atoms with Gasteiger partial charge in [-0.25, -0.2) is 12.8 Å². The van der Waals surface area contributed by atoms with Crippen molar-refractivity contribution in [1.29, 1.82) is 0 Å². The molecule has 2 N–H and O–H groups in total. The van der Waals surface area contributed by atoms with Gasteiger partial charge in [-0.15, -0.1) is 0 Å². The summed E-state index contributed by atoms with van der Waals surface area (Å²) >= 11 is 0. The number of carbonyl (C=O) groups excluding carboxylic acids is 1. The van der Waals surface area contributed by atoms with Crippen LogP contribution in [0.25, 0.3) is 0 Å². The number of hydrogen-bond acceptors (Lipinski definition) is 4. The molecule has 2 rings (SSSR count). The molecule has 29 heavy (non-hydrogen) atoms. The van der Waals surface area contributed by atoms with E-state index in [9.17, 15) is 17.6 Å². The molecule has 6 nitrogen and oxygen atoms in total. The zero-order valence-electron chi connectivity index (χ0n) is 17.1. The summed E-state index contributed by atoms with van der Waals surface area (Å²) < 4.78 is 40.2. The Morgan fingerprint density at radius 1 is 0.966 bits per heavy atom. The molecule has 0 atom stereocenters. The quantitative estimate of drug-likeness (QED) is 0.650. The van der Waals surface area contributed by atoms with Crippen LogP contribution in [0.4, 0.5) is 10.1 Å². The first-order valence-electron chi connectivity index (χ1n) is 9.52. The highest BCUT2D eigenvalue weighted by molar-refractivity contribution is 7.92. The fourth-order valence-corrected chi connectivity index (χ4v) is 4.09. The Hall–Kier alpha value is -2.45. The van der Waals surface area contributed by atoms with E-state index in [0.29, 0.717) is 24.2 Å². The van der Waals surface area contributed by atoms with E-state index in [1.807, 2.05) is 0 Å². The van der Waals surface area contributed by atoms with E-state index in [1.165, 1.54) is 48.5 Å². The van der Waals surface area contributed by atoms with Crippen molar-refractivity contribution in [1.82, 2.24) is 10.2 Å². The second-order valence-electron chi connectivity index (χ2n) is 7.32. The predicted molar refractivity (Wildman–Crippen MR) is 113 cm³/mol. The molecule has 0 aliphatic rings. The van der Waals surface area contributed by atoms with Gasteiger partial charge in [0.1, 0.15) is 5.82 Å². The lowest BCUT2D eigenvalue weighted by Crippen LogP contribution is -2.42. The summed E-state index contributed by atoms with van der Waals surface area (Å²) in [6, 6.07) is 11.5. The number of nitrogens with zero attached hydrogens (tertiary/aromatic N) is 1. The Kier molecular flexibility index (Phi) is 7.75. The van der Waals surface area contributed by atoms with Crippen molar-refractivity contribution >= 4 is 21.6 Å². The summed E-state index contributed by atoms with van der Waals surface area (Å²) in [6.07, 6.45) is 0. The van der Waals surface area contributed by atoms with E-state index >= 15 is 0 Å². The summed E-state index contributed by atoms with van der Waals surface area (Å²) in [5.41, 5.74) is 0.638. The Morgan fingerprint density at radius 3 is 2.03 bits per heavy atom. The van der Waals surface area contributed by atoms with Crippen molar-refractivity contribution in [2.45, 2.75) is 44.7 Å². The first kappa shape index (κ1) is 22.8. The number of amides is 1. The molecule has 158 valence electrons. The van der Waals surface area contributed by atoms with Crippen molar-refractivity contribution in [2.75, 3.05) is 17.8 Å². The minimum absolute atomic E-state index is 0.0177. The monoisotopic (exact) mass is 421 g/mol. The van der Waals surface area contributed by atoms with Crippen LogP contribution >= 0.6 is 0 Å². The first-order chi connectivity index (χ1) is 13.6. The molecule has 0 aromatic heterocycles. The first-order valence-corrected chi connectivity index (χ1v) is 11.0. The van der Waals surface area contributed by atoms with Crippen LogP contribution in [-0.4, -0.2) is 44.4 Å². The molecule has 0 bridgehead atoms. The molecular formula is C21H28FN3O3S. The van der Waals surface area contributed by atoms with Crippen LogP contribution in [0.15, 0.2) is 53.4 Å². The van der Waals surface area contributed by atoms with E-state index in [2.05, 4.69) is 42.6 Å². The summed E-state index contributed by atoms with van der Waals surface area (Å²) in [5.74, 6) is -0.707. The molecule has 0 spiro atoms. The lowest BCUT2D eigenvalue weighted by molar-refractivity contribution is 0.0939. The Balaban J connectivity index is 1.98. The van der Waals surface area contributed by atoms with Crippen LogP contribution < -0.4 is 10.0 Å². The van der Waals surface area contributed by atoms with Gasteiger partial charge >= 0.3 is 0 Å². The predicted octanol–water partition coefficient (Wildman–Crippen LogP) is 3.48. The van der Waals surface area contributed by atoms with Crippen molar-refractivity contribution in [3.8, 4) is 0 Å². The smallest absolute Gasteiger partial charge is 0.261 e. The van der Waals surface area contributed by atoms with E-state index < -0.39 is 15.8 Å². The van der Waals surface area contributed by atoms with E-state index in [-0.39, 0.29) is 16.5 Å². The van der Waals surface area contributed by atoms with Gasteiger partial charge in [-0.05, 0) is 76.2 Å². The second-order valence-corrected chi connectivity index (χ2v) is 9.00. The summed E-state index contributed by atoms with van der Waals surface area (Å²) in [4.78, 5) is 14.6. The zero-order valence-corrected chi connectivity index (χ0v) is 18.0. The van der Waals surface area contributed by atoms with Crippen LogP contribution in [0.5, 0.6) is 0 Å². The molecule has 0 saturated carbocycles. The molecule has 0 aliphatic heterocycles. The van der Waals surface area contributed by atoms with Crippen molar-refractivity contribution < 1.29 is 17.6 Å². The number of sulfonamides is 1. The average Bonchev–Trinajstić information content (AvgIpc) is 2.66. The van der Waals surface area contributed by atoms with Gasteiger partial charge in [0.15, 0.2) is 0 Å². The third kappa shape index (κ3) is 6.54. The fraction of sp³-hybridized carbons (Fsp3) is 0.381. The topological polar surface area (TPSA) is 78.5 Å². The minimum atomic E-state index is -3.83. The average molecular weight is 422 g/mol. The van der Waals surface area contributed by atoms with Crippen LogP contribution in [-0.2, 0) is 10.0 Å². The van der Waals surface area contributed by atoms with Crippen LogP contribution in [0, 0.1) is 5.82 Å². The van der Waals surface area contributed by atoms with Gasteiger partial charge in [-0.1, -0.05) is 0 Å². The van der Waals surface area contributed by atoms with Crippen LogP contribution in [0.1, 0.15) is 38.1 Å². The molecule has 0 fully saturated rings. The fourth-order valence-electron chi connectivity index (χ4n) is 3.03. The minimum Gasteiger partial charge on any atom is -0.351 e. The van der Waals surface area contributed by atoms with Crippen LogP contribution in [0.2, 0.25) is 0 Å². The molecule has 0 unspecified atom stereocenters. The van der Waals surface area contributed by atoms with Crippen molar-refractivity contribution in [2.24, 2.45) is 0 Å². The van der Waals surface area contributed by atoms with Crippen LogP contribution in [0.3, 0.4) is 0 Å². The van der Waals surface area contributed by atoms with Gasteiger partial charge in [-0.3, -0.25) is 14.4 Å². The Bertz CT molecular complexity index is 903. The molecule has 0 aliphatic carbocycles. The number of rotatable bonds is 9. The maximum Gasteiger partial charge on any atom is 0.261 e. The number of hydrogen-bond donors (Lipinski definition) is 2. The van der Waals surface area contributed by atoms with Crippen molar-refractivity contribution in [3.63, 3.8) is 0 Å². The number of benzene rings is 2. The Morgan fingerprint density at radius 2 is 1.52 bits per heavy atom. The number of halogens is 1. The van der Waals surface area contributed by atoms with Crippen molar-refractivity contribution in [3.05, 3.63) is 59.9 Å². The van der Waals surface area contributed by atoms with Gasteiger partial charge in [0.25, 0.3) is 15.9 Å². The Labute approximate surface area is 172 Å². The third-order valence-electron chi connectivity index (χ3n) is 4.51. The molecule has 0 radical (unpaired) electrons. The lowest BCUT2D eigenvalue weighted by atomic mass is 10.2. The highest BCUT2D eigenvalue weighted by Gasteiger charge is 2.16. The molecule has 8 heteroatoms. The number of anilines is 1. The standard InChI is InChI=1S/C21H28FN3O3S/c1-15(2)25(16(3)4)14-13-23-21(26)17-5-11-20(12-6-17)29(27,28)24-19-9-7-18(22)8-10-19/h5-12,15-16,24H,13-14H2,1-4H3,(H,23,26). The van der Waals surface area contributed by atoms with E-state index in [4.69, 9.17) is 0 Å². The van der Waals surface area contributed by atoms with Gasteiger partial charge in [0.2, 0.25) is 0 Å². The molecular weight excluding hydrogens is 393 g/mol. The van der Waals surface area contributed by atoms with E-state index in [0.717, 1.165) is 6.54 Å². The highest BCUT2D eigenvalue weighted by atomic mass is 32.2. The molecule has 0 heterocycles.